The van der Waals surface area contributed by atoms with Gasteiger partial charge in [0.05, 0.1) is 6.61 Å². The summed E-state index contributed by atoms with van der Waals surface area (Å²) in [5, 5.41) is 27.2. The van der Waals surface area contributed by atoms with Crippen LogP contribution in [0.2, 0.25) is 0 Å². The second-order valence-electron chi connectivity index (χ2n) is 9.14. The Hall–Kier alpha value is -1.87. The fourth-order valence-corrected chi connectivity index (χ4v) is 2.42. The number of ether oxygens (including phenoxy) is 1. The van der Waals surface area contributed by atoms with Gasteiger partial charge in [-0.25, -0.2) is 4.79 Å². The van der Waals surface area contributed by atoms with Crippen LogP contribution < -0.4 is 16.0 Å². The molecule has 0 aromatic carbocycles. The fourth-order valence-electron chi connectivity index (χ4n) is 2.42. The molecule has 0 saturated heterocycles. The van der Waals surface area contributed by atoms with E-state index in [4.69, 9.17) is 9.84 Å². The van der Waals surface area contributed by atoms with E-state index in [1.165, 1.54) is 0 Å². The molecule has 1 atom stereocenters. The lowest BCUT2D eigenvalue weighted by atomic mass is 9.87. The molecule has 9 nitrogen and oxygen atoms in total. The molecular weight excluding hydrogens is 390 g/mol. The highest BCUT2D eigenvalue weighted by Crippen LogP contribution is 2.19. The molecule has 0 rings (SSSR count). The van der Waals surface area contributed by atoms with Gasteiger partial charge in [-0.2, -0.15) is 0 Å². The van der Waals surface area contributed by atoms with Gasteiger partial charge in [-0.05, 0) is 40.0 Å². The van der Waals surface area contributed by atoms with E-state index in [1.807, 2.05) is 20.8 Å². The van der Waals surface area contributed by atoms with E-state index >= 15 is 0 Å². The smallest absolute Gasteiger partial charge is 0.407 e. The number of hydrogen-bond donors (Lipinski definition) is 5. The van der Waals surface area contributed by atoms with Gasteiger partial charge in [-0.3, -0.25) is 9.59 Å². The number of rotatable bonds is 14. The monoisotopic (exact) mass is 431 g/mol. The number of hydrogen-bond acceptors (Lipinski definition) is 6. The van der Waals surface area contributed by atoms with Crippen LogP contribution in [0.25, 0.3) is 0 Å². The molecule has 9 heteroatoms. The van der Waals surface area contributed by atoms with Gasteiger partial charge in [0.15, 0.2) is 0 Å². The number of aliphatic hydroxyl groups excluding tert-OH is 2. The Balaban J connectivity index is 3.63. The van der Waals surface area contributed by atoms with Gasteiger partial charge < -0.3 is 30.9 Å². The van der Waals surface area contributed by atoms with E-state index < -0.39 is 29.1 Å². The van der Waals surface area contributed by atoms with Crippen LogP contribution in [0, 0.1) is 5.41 Å². The Morgan fingerprint density at radius 3 is 1.90 bits per heavy atom. The van der Waals surface area contributed by atoms with E-state index in [1.54, 1.807) is 13.8 Å². The minimum Gasteiger partial charge on any atom is -0.444 e. The van der Waals surface area contributed by atoms with Gasteiger partial charge in [-0.15, -0.1) is 0 Å². The van der Waals surface area contributed by atoms with Crippen LogP contribution in [-0.4, -0.2) is 66.1 Å². The molecule has 0 aliphatic carbocycles. The summed E-state index contributed by atoms with van der Waals surface area (Å²) < 4.78 is 5.15. The van der Waals surface area contributed by atoms with Crippen molar-refractivity contribution in [1.29, 1.82) is 0 Å². The first-order chi connectivity index (χ1) is 13.9. The van der Waals surface area contributed by atoms with E-state index in [0.29, 0.717) is 25.9 Å². The van der Waals surface area contributed by atoms with Crippen molar-refractivity contribution in [1.82, 2.24) is 16.0 Å². The van der Waals surface area contributed by atoms with Crippen molar-refractivity contribution in [2.24, 2.45) is 5.41 Å². The van der Waals surface area contributed by atoms with Crippen LogP contribution in [0.4, 0.5) is 4.79 Å². The molecular formula is C21H41N3O6. The summed E-state index contributed by atoms with van der Waals surface area (Å²) in [5.74, 6) is -0.623. The Morgan fingerprint density at radius 2 is 1.37 bits per heavy atom. The summed E-state index contributed by atoms with van der Waals surface area (Å²) in [6.45, 7) is 9.80. The molecule has 0 unspecified atom stereocenters. The summed E-state index contributed by atoms with van der Waals surface area (Å²) in [5.41, 5.74) is -1.40. The van der Waals surface area contributed by atoms with Crippen molar-refractivity contribution in [3.05, 3.63) is 0 Å². The van der Waals surface area contributed by atoms with Gasteiger partial charge in [0.2, 0.25) is 11.8 Å². The average Bonchev–Trinajstić information content (AvgIpc) is 2.64. The standard InChI is InChI=1S/C21H41N3O6/c1-20(2,3)30-19(29)24-13-9-7-6-8-12-22-16(26)11-10-14-23-18(28)17(27)21(4,5)15-25/h17,25,27H,6-15H2,1-5H3,(H,22,26)(H,23,28)(H,24,29)/t17-/m0/s1. The van der Waals surface area contributed by atoms with E-state index in [-0.39, 0.29) is 19.1 Å². The maximum Gasteiger partial charge on any atom is 0.407 e. The van der Waals surface area contributed by atoms with Crippen molar-refractivity contribution in [3.63, 3.8) is 0 Å². The second kappa shape index (κ2) is 14.2. The number of nitrogens with one attached hydrogen (secondary N) is 3. The van der Waals surface area contributed by atoms with E-state index in [2.05, 4.69) is 16.0 Å². The van der Waals surface area contributed by atoms with Crippen LogP contribution in [-0.2, 0) is 14.3 Å². The first-order valence-corrected chi connectivity index (χ1v) is 10.7. The van der Waals surface area contributed by atoms with Crippen LogP contribution in [0.15, 0.2) is 0 Å². The molecule has 5 N–H and O–H groups in total. The lowest BCUT2D eigenvalue weighted by Crippen LogP contribution is -2.45. The van der Waals surface area contributed by atoms with Crippen LogP contribution in [0.1, 0.15) is 73.1 Å². The molecule has 0 fully saturated rings. The highest BCUT2D eigenvalue weighted by atomic mass is 16.6. The highest BCUT2D eigenvalue weighted by Gasteiger charge is 2.32. The Bertz CT molecular complexity index is 531. The topological polar surface area (TPSA) is 137 Å². The van der Waals surface area contributed by atoms with Gasteiger partial charge in [-0.1, -0.05) is 26.7 Å². The SMILES string of the molecule is CC(C)(C)OC(=O)NCCCCCCNC(=O)CCCNC(=O)[C@H](O)C(C)(C)CO. The zero-order valence-corrected chi connectivity index (χ0v) is 19.2. The maximum absolute atomic E-state index is 11.8. The highest BCUT2D eigenvalue weighted by molar-refractivity contribution is 5.81. The molecule has 0 saturated carbocycles. The Kier molecular flexibility index (Phi) is 13.3. The number of carbonyl (C=O) groups is 3. The third kappa shape index (κ3) is 14.2. The van der Waals surface area contributed by atoms with Crippen LogP contribution in [0.5, 0.6) is 0 Å². The fraction of sp³-hybridized carbons (Fsp3) is 0.857. The molecule has 0 radical (unpaired) electrons. The quantitative estimate of drug-likeness (QED) is 0.264. The minimum absolute atomic E-state index is 0.0768. The van der Waals surface area contributed by atoms with Crippen molar-refractivity contribution < 1.29 is 29.3 Å². The molecule has 0 aromatic rings. The van der Waals surface area contributed by atoms with Gasteiger partial charge in [0.1, 0.15) is 11.7 Å². The first kappa shape index (κ1) is 28.1. The zero-order chi connectivity index (χ0) is 23.2. The number of aliphatic hydroxyl groups is 2. The molecule has 0 aromatic heterocycles. The number of carbonyl (C=O) groups excluding carboxylic acids is 3. The molecule has 0 heterocycles. The lowest BCUT2D eigenvalue weighted by Gasteiger charge is -2.27. The number of alkyl carbamates (subject to hydrolysis) is 1. The summed E-state index contributed by atoms with van der Waals surface area (Å²) >= 11 is 0. The normalized spacial score (nSPS) is 12.8. The predicted octanol–water partition coefficient (Wildman–Crippen LogP) is 1.46. The molecule has 0 bridgehead atoms. The Morgan fingerprint density at radius 1 is 0.833 bits per heavy atom. The zero-order valence-electron chi connectivity index (χ0n) is 19.2. The van der Waals surface area contributed by atoms with Crippen molar-refractivity contribution >= 4 is 17.9 Å². The third-order valence-corrected chi connectivity index (χ3v) is 4.37. The van der Waals surface area contributed by atoms with Crippen molar-refractivity contribution in [3.8, 4) is 0 Å². The molecule has 0 aliphatic rings. The minimum atomic E-state index is -1.30. The summed E-state index contributed by atoms with van der Waals surface area (Å²) in [7, 11) is 0. The first-order valence-electron chi connectivity index (χ1n) is 10.7. The van der Waals surface area contributed by atoms with Gasteiger partial charge in [0, 0.05) is 31.5 Å². The van der Waals surface area contributed by atoms with Gasteiger partial charge >= 0.3 is 6.09 Å². The summed E-state index contributed by atoms with van der Waals surface area (Å²) in [4.78, 5) is 35.1. The predicted molar refractivity (Wildman–Crippen MR) is 115 cm³/mol. The molecule has 3 amide bonds. The second-order valence-corrected chi connectivity index (χ2v) is 9.14. The van der Waals surface area contributed by atoms with Crippen LogP contribution in [0.3, 0.4) is 0 Å². The van der Waals surface area contributed by atoms with E-state index in [9.17, 15) is 19.5 Å². The van der Waals surface area contributed by atoms with Crippen LogP contribution >= 0.6 is 0 Å². The summed E-state index contributed by atoms with van der Waals surface area (Å²) in [6, 6.07) is 0. The number of amides is 3. The lowest BCUT2D eigenvalue weighted by molar-refractivity contribution is -0.137. The largest absolute Gasteiger partial charge is 0.444 e. The Labute approximate surface area is 180 Å². The van der Waals surface area contributed by atoms with E-state index in [0.717, 1.165) is 25.7 Å². The molecule has 0 spiro atoms. The summed E-state index contributed by atoms with van der Waals surface area (Å²) in [6.07, 6.45) is 2.67. The average molecular weight is 432 g/mol. The van der Waals surface area contributed by atoms with Crippen molar-refractivity contribution in [2.75, 3.05) is 26.2 Å². The molecule has 30 heavy (non-hydrogen) atoms. The third-order valence-electron chi connectivity index (χ3n) is 4.37. The molecule has 176 valence electrons. The number of unbranched alkanes of at least 4 members (excludes halogenated alkanes) is 3. The van der Waals surface area contributed by atoms with Crippen molar-refractivity contribution in [2.45, 2.75) is 84.8 Å². The van der Waals surface area contributed by atoms with Gasteiger partial charge in [0.25, 0.3) is 0 Å². The maximum atomic E-state index is 11.8. The molecule has 0 aliphatic heterocycles.